The van der Waals surface area contributed by atoms with Crippen LogP contribution in [0.25, 0.3) is 5.57 Å². The van der Waals surface area contributed by atoms with Gasteiger partial charge in [0.05, 0.1) is 0 Å². The Morgan fingerprint density at radius 3 is 2.42 bits per heavy atom. The van der Waals surface area contributed by atoms with Gasteiger partial charge < -0.3 is 0 Å². The minimum Gasteiger partial charge on any atom is -0.207 e. The average Bonchev–Trinajstić information content (AvgIpc) is 2.06. The zero-order valence-corrected chi connectivity index (χ0v) is 7.05. The van der Waals surface area contributed by atoms with Gasteiger partial charge in [-0.25, -0.2) is 4.39 Å². The summed E-state index contributed by atoms with van der Waals surface area (Å²) < 4.78 is 12.5. The van der Waals surface area contributed by atoms with E-state index in [0.29, 0.717) is 0 Å². The predicted octanol–water partition coefficient (Wildman–Crippen LogP) is 3.42. The van der Waals surface area contributed by atoms with E-state index in [9.17, 15) is 4.39 Å². The Morgan fingerprint density at radius 1 is 1.33 bits per heavy atom. The van der Waals surface area contributed by atoms with Gasteiger partial charge in [0.1, 0.15) is 5.82 Å². The van der Waals surface area contributed by atoms with E-state index in [-0.39, 0.29) is 5.82 Å². The van der Waals surface area contributed by atoms with Crippen LogP contribution >= 0.6 is 0 Å². The minimum atomic E-state index is -0.204. The van der Waals surface area contributed by atoms with E-state index in [1.54, 1.807) is 18.2 Å². The Morgan fingerprint density at radius 2 is 1.92 bits per heavy atom. The van der Waals surface area contributed by atoms with Crippen molar-refractivity contribution in [1.82, 2.24) is 0 Å². The van der Waals surface area contributed by atoms with E-state index in [4.69, 9.17) is 0 Å². The van der Waals surface area contributed by atoms with Crippen molar-refractivity contribution in [3.05, 3.63) is 54.4 Å². The molecule has 1 rings (SSSR count). The second-order valence-electron chi connectivity index (χ2n) is 2.59. The Labute approximate surface area is 72.0 Å². The van der Waals surface area contributed by atoms with E-state index in [2.05, 4.69) is 6.58 Å². The molecule has 0 amide bonds. The molecular formula is C11H11F. The monoisotopic (exact) mass is 162 g/mol. The molecule has 0 aliphatic heterocycles. The van der Waals surface area contributed by atoms with Gasteiger partial charge >= 0.3 is 0 Å². The number of benzene rings is 1. The fraction of sp³-hybridized carbons (Fsp3) is 0.0909. The third kappa shape index (κ3) is 2.06. The maximum Gasteiger partial charge on any atom is 0.123 e. The number of rotatable bonds is 2. The number of allylic oxidation sites excluding steroid dienone is 3. The summed E-state index contributed by atoms with van der Waals surface area (Å²) >= 11 is 0. The van der Waals surface area contributed by atoms with Gasteiger partial charge in [0.25, 0.3) is 0 Å². The zero-order valence-electron chi connectivity index (χ0n) is 7.05. The summed E-state index contributed by atoms with van der Waals surface area (Å²) in [6.07, 6.45) is 3.62. The summed E-state index contributed by atoms with van der Waals surface area (Å²) in [7, 11) is 0. The fourth-order valence-corrected chi connectivity index (χ4v) is 0.986. The maximum atomic E-state index is 12.5. The van der Waals surface area contributed by atoms with Gasteiger partial charge in [0, 0.05) is 0 Å². The average molecular weight is 162 g/mol. The van der Waals surface area contributed by atoms with E-state index < -0.39 is 0 Å². The van der Waals surface area contributed by atoms with Crippen molar-refractivity contribution in [2.75, 3.05) is 0 Å². The molecule has 62 valence electrons. The van der Waals surface area contributed by atoms with Crippen LogP contribution in [0, 0.1) is 5.82 Å². The molecule has 0 nitrogen and oxygen atoms in total. The van der Waals surface area contributed by atoms with Gasteiger partial charge in [0.2, 0.25) is 0 Å². The quantitative estimate of drug-likeness (QED) is 0.584. The summed E-state index contributed by atoms with van der Waals surface area (Å²) in [6.45, 7) is 5.56. The van der Waals surface area contributed by atoms with E-state index in [1.807, 2.05) is 13.0 Å². The van der Waals surface area contributed by atoms with Crippen LogP contribution < -0.4 is 0 Å². The van der Waals surface area contributed by atoms with Crippen molar-refractivity contribution in [3.8, 4) is 0 Å². The smallest absolute Gasteiger partial charge is 0.123 e. The summed E-state index contributed by atoms with van der Waals surface area (Å²) in [5.41, 5.74) is 2.11. The van der Waals surface area contributed by atoms with Crippen LogP contribution in [0.4, 0.5) is 4.39 Å². The van der Waals surface area contributed by atoms with Crippen LogP contribution in [0.3, 0.4) is 0 Å². The second-order valence-corrected chi connectivity index (χ2v) is 2.59. The highest BCUT2D eigenvalue weighted by molar-refractivity contribution is 5.64. The van der Waals surface area contributed by atoms with Crippen LogP contribution in [-0.4, -0.2) is 0 Å². The summed E-state index contributed by atoms with van der Waals surface area (Å²) in [6, 6.07) is 6.42. The molecule has 0 unspecified atom stereocenters. The van der Waals surface area contributed by atoms with Crippen molar-refractivity contribution in [1.29, 1.82) is 0 Å². The molecule has 1 heteroatoms. The van der Waals surface area contributed by atoms with Crippen LogP contribution in [0.5, 0.6) is 0 Å². The molecule has 0 heterocycles. The molecule has 0 spiro atoms. The van der Waals surface area contributed by atoms with Gasteiger partial charge in [0.15, 0.2) is 0 Å². The van der Waals surface area contributed by atoms with E-state index >= 15 is 0 Å². The lowest BCUT2D eigenvalue weighted by molar-refractivity contribution is 0.627. The lowest BCUT2D eigenvalue weighted by Gasteiger charge is -1.98. The predicted molar refractivity (Wildman–Crippen MR) is 50.2 cm³/mol. The van der Waals surface area contributed by atoms with Crippen LogP contribution in [0.1, 0.15) is 12.5 Å². The minimum absolute atomic E-state index is 0.204. The lowest BCUT2D eigenvalue weighted by Crippen LogP contribution is -1.79. The van der Waals surface area contributed by atoms with Crippen LogP contribution in [0.2, 0.25) is 0 Å². The number of hydrogen-bond donors (Lipinski definition) is 0. The molecule has 0 saturated carbocycles. The third-order valence-electron chi connectivity index (χ3n) is 1.67. The largest absolute Gasteiger partial charge is 0.207 e. The molecule has 0 aliphatic carbocycles. The summed E-state index contributed by atoms with van der Waals surface area (Å²) in [5.74, 6) is -0.204. The molecule has 0 bridgehead atoms. The first-order valence-corrected chi connectivity index (χ1v) is 3.79. The van der Waals surface area contributed by atoms with Gasteiger partial charge in [-0.15, -0.1) is 0 Å². The highest BCUT2D eigenvalue weighted by Gasteiger charge is 1.93. The summed E-state index contributed by atoms with van der Waals surface area (Å²) in [5, 5.41) is 0. The zero-order chi connectivity index (χ0) is 8.97. The molecule has 0 aromatic heterocycles. The molecule has 0 aliphatic rings. The van der Waals surface area contributed by atoms with Crippen molar-refractivity contribution in [2.24, 2.45) is 0 Å². The topological polar surface area (TPSA) is 0 Å². The van der Waals surface area contributed by atoms with Crippen molar-refractivity contribution < 1.29 is 4.39 Å². The van der Waals surface area contributed by atoms with E-state index in [0.717, 1.165) is 11.1 Å². The molecule has 1 aromatic carbocycles. The second kappa shape index (κ2) is 3.86. The molecule has 0 N–H and O–H groups in total. The van der Waals surface area contributed by atoms with Gasteiger partial charge in [-0.1, -0.05) is 30.9 Å². The fourth-order valence-electron chi connectivity index (χ4n) is 0.986. The Balaban J connectivity index is 2.97. The van der Waals surface area contributed by atoms with Crippen molar-refractivity contribution in [3.63, 3.8) is 0 Å². The van der Waals surface area contributed by atoms with Crippen LogP contribution in [0.15, 0.2) is 43.0 Å². The maximum absolute atomic E-state index is 12.5. The molecule has 0 saturated heterocycles. The highest BCUT2D eigenvalue weighted by Crippen LogP contribution is 2.13. The van der Waals surface area contributed by atoms with Gasteiger partial charge in [-0.3, -0.25) is 0 Å². The lowest BCUT2D eigenvalue weighted by atomic mass is 10.1. The number of hydrogen-bond acceptors (Lipinski definition) is 0. The van der Waals surface area contributed by atoms with E-state index in [1.165, 1.54) is 12.1 Å². The molecule has 1 aromatic rings. The van der Waals surface area contributed by atoms with Gasteiger partial charge in [-0.2, -0.15) is 0 Å². The van der Waals surface area contributed by atoms with Crippen LogP contribution in [-0.2, 0) is 0 Å². The molecule has 0 fully saturated rings. The first-order valence-electron chi connectivity index (χ1n) is 3.79. The molecule has 0 atom stereocenters. The first-order chi connectivity index (χ1) is 5.74. The molecular weight excluding hydrogens is 151 g/mol. The molecule has 0 radical (unpaired) electrons. The SMILES string of the molecule is C=C/C=C(\C)c1ccc(F)cc1. The highest BCUT2D eigenvalue weighted by atomic mass is 19.1. The Bertz CT molecular complexity index is 293. The first kappa shape index (κ1) is 8.72. The standard InChI is InChI=1S/C11H11F/c1-3-4-9(2)10-5-7-11(12)8-6-10/h3-8H,1H2,2H3/b9-4+. The number of halogens is 1. The van der Waals surface area contributed by atoms with Gasteiger partial charge in [-0.05, 0) is 30.2 Å². The third-order valence-corrected chi connectivity index (χ3v) is 1.67. The van der Waals surface area contributed by atoms with Crippen molar-refractivity contribution >= 4 is 5.57 Å². The Hall–Kier alpha value is -1.37. The summed E-state index contributed by atoms with van der Waals surface area (Å²) in [4.78, 5) is 0. The Kier molecular flexibility index (Phi) is 2.81. The van der Waals surface area contributed by atoms with Crippen molar-refractivity contribution in [2.45, 2.75) is 6.92 Å². The molecule has 12 heavy (non-hydrogen) atoms. The normalized spacial score (nSPS) is 11.3.